The number of aromatic carboxylic acids is 1. The lowest BCUT2D eigenvalue weighted by atomic mass is 9.57. The molecule has 1 unspecified atom stereocenters. The molecule has 0 heterocycles. The summed E-state index contributed by atoms with van der Waals surface area (Å²) < 4.78 is 4.88. The summed E-state index contributed by atoms with van der Waals surface area (Å²) in [6.45, 7) is 0.382. The van der Waals surface area contributed by atoms with E-state index in [0.717, 1.165) is 11.1 Å². The second kappa shape index (κ2) is 8.33. The number of ether oxygens (including phenoxy) is 1. The molecule has 3 aromatic carbocycles. The van der Waals surface area contributed by atoms with Gasteiger partial charge in [-0.1, -0.05) is 54.6 Å². The second-order valence-corrected chi connectivity index (χ2v) is 7.42. The maximum absolute atomic E-state index is 13.2. The summed E-state index contributed by atoms with van der Waals surface area (Å²) in [5.41, 5.74) is 2.92. The van der Waals surface area contributed by atoms with Gasteiger partial charge < -0.3 is 9.84 Å². The standard InChI is InChI=1S/C25H20O5/c26-15-30-20-12-10-17(11-13-20)23-21(16-6-8-19(9-7-16)25(28)29)14-22(23)24(27)18-4-2-1-3-5-18/h1-13,15,21-23H,14H2,(H,28,29)/t21-,22?,23-/m0/s1. The van der Waals surface area contributed by atoms with E-state index in [1.807, 2.05) is 54.6 Å². The Morgan fingerprint density at radius 3 is 2.07 bits per heavy atom. The Balaban J connectivity index is 1.65. The number of Topliss-reactive ketones (excluding diaryl/α,β-unsaturated/α-hetero) is 1. The number of carbonyl (C=O) groups excluding carboxylic acids is 2. The van der Waals surface area contributed by atoms with Gasteiger partial charge in [0.2, 0.25) is 0 Å². The van der Waals surface area contributed by atoms with E-state index in [9.17, 15) is 14.4 Å². The molecule has 0 amide bonds. The molecule has 3 aromatic rings. The molecule has 0 aromatic heterocycles. The average Bonchev–Trinajstić information content (AvgIpc) is 2.75. The molecule has 0 spiro atoms. The van der Waals surface area contributed by atoms with E-state index in [1.54, 1.807) is 24.3 Å². The van der Waals surface area contributed by atoms with Crippen LogP contribution in [0.25, 0.3) is 0 Å². The van der Waals surface area contributed by atoms with Crippen molar-refractivity contribution in [2.75, 3.05) is 0 Å². The summed E-state index contributed by atoms with van der Waals surface area (Å²) in [6.07, 6.45) is 0.692. The van der Waals surface area contributed by atoms with E-state index in [-0.39, 0.29) is 29.1 Å². The van der Waals surface area contributed by atoms with Gasteiger partial charge in [-0.15, -0.1) is 0 Å². The van der Waals surface area contributed by atoms with Gasteiger partial charge in [0.05, 0.1) is 5.56 Å². The smallest absolute Gasteiger partial charge is 0.335 e. The van der Waals surface area contributed by atoms with Crippen molar-refractivity contribution in [1.82, 2.24) is 0 Å². The van der Waals surface area contributed by atoms with Crippen LogP contribution < -0.4 is 4.74 Å². The topological polar surface area (TPSA) is 80.7 Å². The summed E-state index contributed by atoms with van der Waals surface area (Å²) in [5.74, 6) is -0.528. The highest BCUT2D eigenvalue weighted by Gasteiger charge is 2.46. The zero-order chi connectivity index (χ0) is 21.1. The number of carbonyl (C=O) groups is 3. The molecule has 0 bridgehead atoms. The van der Waals surface area contributed by atoms with Crippen LogP contribution in [0.2, 0.25) is 0 Å². The van der Waals surface area contributed by atoms with E-state index in [4.69, 9.17) is 9.84 Å². The van der Waals surface area contributed by atoms with Crippen LogP contribution in [0.4, 0.5) is 0 Å². The molecular formula is C25H20O5. The minimum Gasteiger partial charge on any atom is -0.478 e. The Hall–Kier alpha value is -3.73. The van der Waals surface area contributed by atoms with Gasteiger partial charge in [-0.05, 0) is 47.7 Å². The SMILES string of the molecule is O=COc1ccc([C@@H]2C(C(=O)c3ccccc3)C[C@H]2c2ccc(C(=O)O)cc2)cc1. The van der Waals surface area contributed by atoms with Crippen LogP contribution in [0.1, 0.15) is 50.1 Å². The molecule has 1 N–H and O–H groups in total. The number of rotatable bonds is 7. The molecule has 0 aliphatic heterocycles. The largest absolute Gasteiger partial charge is 0.478 e. The van der Waals surface area contributed by atoms with Crippen molar-refractivity contribution in [1.29, 1.82) is 0 Å². The van der Waals surface area contributed by atoms with E-state index < -0.39 is 5.97 Å². The van der Waals surface area contributed by atoms with E-state index in [2.05, 4.69) is 0 Å². The fraction of sp³-hybridized carbons (Fsp3) is 0.160. The summed E-state index contributed by atoms with van der Waals surface area (Å²) in [7, 11) is 0. The molecule has 5 nitrogen and oxygen atoms in total. The number of ketones is 1. The van der Waals surface area contributed by atoms with Crippen LogP contribution in [0.3, 0.4) is 0 Å². The van der Waals surface area contributed by atoms with Gasteiger partial charge in [0.25, 0.3) is 6.47 Å². The number of benzene rings is 3. The van der Waals surface area contributed by atoms with Gasteiger partial charge in [-0.3, -0.25) is 9.59 Å². The van der Waals surface area contributed by atoms with Crippen molar-refractivity contribution >= 4 is 18.2 Å². The van der Waals surface area contributed by atoms with E-state index in [1.165, 1.54) is 0 Å². The Labute approximate surface area is 173 Å². The van der Waals surface area contributed by atoms with Crippen molar-refractivity contribution in [2.24, 2.45) is 5.92 Å². The fourth-order valence-electron chi connectivity index (χ4n) is 4.24. The highest BCUT2D eigenvalue weighted by molar-refractivity contribution is 5.99. The summed E-state index contributed by atoms with van der Waals surface area (Å²) >= 11 is 0. The number of carboxylic acid groups (broad SMARTS) is 1. The number of hydrogen-bond acceptors (Lipinski definition) is 4. The third kappa shape index (κ3) is 3.74. The lowest BCUT2D eigenvalue weighted by molar-refractivity contribution is -0.120. The summed E-state index contributed by atoms with van der Waals surface area (Å²) in [6, 6.07) is 23.3. The van der Waals surface area contributed by atoms with Crippen LogP contribution in [0.5, 0.6) is 5.75 Å². The Morgan fingerprint density at radius 2 is 1.47 bits per heavy atom. The molecule has 30 heavy (non-hydrogen) atoms. The molecule has 0 saturated heterocycles. The molecule has 5 heteroatoms. The van der Waals surface area contributed by atoms with E-state index in [0.29, 0.717) is 24.2 Å². The molecule has 3 atom stereocenters. The predicted octanol–water partition coefficient (Wildman–Crippen LogP) is 4.69. The van der Waals surface area contributed by atoms with Gasteiger partial charge in [-0.2, -0.15) is 0 Å². The first-order valence-electron chi connectivity index (χ1n) is 9.71. The van der Waals surface area contributed by atoms with Gasteiger partial charge >= 0.3 is 5.97 Å². The molecule has 1 aliphatic carbocycles. The third-order valence-electron chi connectivity index (χ3n) is 5.80. The fourth-order valence-corrected chi connectivity index (χ4v) is 4.24. The maximum atomic E-state index is 13.2. The highest BCUT2D eigenvalue weighted by Crippen LogP contribution is 2.54. The first-order chi connectivity index (χ1) is 14.6. The van der Waals surface area contributed by atoms with Crippen molar-refractivity contribution in [3.05, 3.63) is 101 Å². The van der Waals surface area contributed by atoms with Crippen molar-refractivity contribution in [2.45, 2.75) is 18.3 Å². The summed E-state index contributed by atoms with van der Waals surface area (Å²) in [4.78, 5) is 34.9. The van der Waals surface area contributed by atoms with Crippen molar-refractivity contribution in [3.8, 4) is 5.75 Å². The van der Waals surface area contributed by atoms with Crippen LogP contribution in [-0.2, 0) is 4.79 Å². The first kappa shape index (κ1) is 19.6. The Morgan fingerprint density at radius 1 is 0.833 bits per heavy atom. The number of hydrogen-bond donors (Lipinski definition) is 1. The maximum Gasteiger partial charge on any atom is 0.335 e. The second-order valence-electron chi connectivity index (χ2n) is 7.42. The molecule has 150 valence electrons. The lowest BCUT2D eigenvalue weighted by Gasteiger charge is -2.45. The van der Waals surface area contributed by atoms with Crippen LogP contribution in [0.15, 0.2) is 78.9 Å². The average molecular weight is 400 g/mol. The Kier molecular flexibility index (Phi) is 5.44. The Bertz CT molecular complexity index is 1050. The predicted molar refractivity (Wildman–Crippen MR) is 111 cm³/mol. The third-order valence-corrected chi connectivity index (χ3v) is 5.80. The lowest BCUT2D eigenvalue weighted by Crippen LogP contribution is -2.38. The summed E-state index contributed by atoms with van der Waals surface area (Å²) in [5, 5.41) is 9.14. The quantitative estimate of drug-likeness (QED) is 0.460. The zero-order valence-electron chi connectivity index (χ0n) is 16.1. The molecule has 1 fully saturated rings. The minimum atomic E-state index is -0.963. The highest BCUT2D eigenvalue weighted by atomic mass is 16.5. The monoisotopic (exact) mass is 400 g/mol. The van der Waals surface area contributed by atoms with Crippen LogP contribution >= 0.6 is 0 Å². The van der Waals surface area contributed by atoms with Crippen molar-refractivity contribution < 1.29 is 24.2 Å². The zero-order valence-corrected chi connectivity index (χ0v) is 16.1. The van der Waals surface area contributed by atoms with Gasteiger partial charge in [-0.25, -0.2) is 4.79 Å². The normalized spacial score (nSPS) is 20.1. The molecule has 0 radical (unpaired) electrons. The molecule has 1 aliphatic rings. The van der Waals surface area contributed by atoms with Crippen LogP contribution in [-0.4, -0.2) is 23.3 Å². The first-order valence-corrected chi connectivity index (χ1v) is 9.71. The van der Waals surface area contributed by atoms with Crippen molar-refractivity contribution in [3.63, 3.8) is 0 Å². The van der Waals surface area contributed by atoms with Crippen LogP contribution in [0, 0.1) is 5.92 Å². The minimum absolute atomic E-state index is 0.0429. The molecule has 1 saturated carbocycles. The van der Waals surface area contributed by atoms with Gasteiger partial charge in [0.1, 0.15) is 5.75 Å². The molecular weight excluding hydrogens is 380 g/mol. The van der Waals surface area contributed by atoms with E-state index >= 15 is 0 Å². The van der Waals surface area contributed by atoms with Gasteiger partial charge in [0.15, 0.2) is 5.78 Å². The molecule has 4 rings (SSSR count). The van der Waals surface area contributed by atoms with Gasteiger partial charge in [0, 0.05) is 17.4 Å². The number of carboxylic acids is 1.